The highest BCUT2D eigenvalue weighted by Crippen LogP contribution is 2.24. The van der Waals surface area contributed by atoms with E-state index < -0.39 is 47.2 Å². The van der Waals surface area contributed by atoms with Crippen molar-refractivity contribution in [2.24, 2.45) is 0 Å². The summed E-state index contributed by atoms with van der Waals surface area (Å²) in [6.45, 7) is -1.77. The Labute approximate surface area is 231 Å². The Balaban J connectivity index is 1.58. The van der Waals surface area contributed by atoms with E-state index in [1.165, 1.54) is 53.4 Å². The number of nitrogens with zero attached hydrogens (tertiary/aromatic N) is 3. The molecule has 37 heavy (non-hydrogen) atoms. The van der Waals surface area contributed by atoms with Crippen LogP contribution in [0, 0.1) is 6.85 Å². The molecule has 2 aromatic carbocycles. The molecule has 10 heteroatoms. The second-order valence-electron chi connectivity index (χ2n) is 9.55. The van der Waals surface area contributed by atoms with E-state index >= 15 is 0 Å². The molecule has 1 fully saturated rings. The number of benzene rings is 2. The van der Waals surface area contributed by atoms with Crippen LogP contribution in [0.15, 0.2) is 59.6 Å². The summed E-state index contributed by atoms with van der Waals surface area (Å²) in [6.07, 6.45) is 0.989. The molecule has 3 N–H and O–H groups in total. The summed E-state index contributed by atoms with van der Waals surface area (Å²) in [6, 6.07) is 11.6. The molecular weight excluding hydrogens is 488 g/mol. The molecule has 1 saturated heterocycles. The molecule has 0 aliphatic carbocycles. The SMILES string of the molecule is [2H]c1nc(Nc2ccc(OC([2H])([2H])C([2H])([2H])N3CCCC3)cc2)nc(Nc2cccc(S(=O)(=O)NC(C)(C)C)c2)c1C([2H])([2H])[2H]. The van der Waals surface area contributed by atoms with Crippen molar-refractivity contribution in [3.63, 3.8) is 0 Å². The predicted octanol–water partition coefficient (Wildman–Crippen LogP) is 4.82. The summed E-state index contributed by atoms with van der Waals surface area (Å²) < 4.78 is 98.9. The van der Waals surface area contributed by atoms with Crippen molar-refractivity contribution in [3.8, 4) is 5.75 Å². The highest BCUT2D eigenvalue weighted by molar-refractivity contribution is 7.89. The average Bonchev–Trinajstić information content (AvgIpc) is 3.43. The first-order valence-electron chi connectivity index (χ1n) is 15.8. The lowest BCUT2D eigenvalue weighted by Crippen LogP contribution is -2.40. The highest BCUT2D eigenvalue weighted by Gasteiger charge is 2.22. The van der Waals surface area contributed by atoms with E-state index in [0.717, 1.165) is 12.8 Å². The first-order valence-corrected chi connectivity index (χ1v) is 13.3. The van der Waals surface area contributed by atoms with Gasteiger partial charge in [-0.3, -0.25) is 4.90 Å². The van der Waals surface area contributed by atoms with Crippen LogP contribution >= 0.6 is 0 Å². The van der Waals surface area contributed by atoms with Gasteiger partial charge >= 0.3 is 0 Å². The number of nitrogens with one attached hydrogen (secondary N) is 3. The Kier molecular flexibility index (Phi) is 5.61. The zero-order chi connectivity index (χ0) is 33.4. The molecule has 2 heterocycles. The van der Waals surface area contributed by atoms with Crippen molar-refractivity contribution >= 4 is 33.2 Å². The molecule has 0 unspecified atom stereocenters. The van der Waals surface area contributed by atoms with Crippen molar-refractivity contribution < 1.29 is 24.1 Å². The first kappa shape index (κ1) is 18.1. The fourth-order valence-electron chi connectivity index (χ4n) is 3.55. The standard InChI is InChI=1S/C27H36N6O3S/c1-20-19-28-26(30-21-10-12-23(13-11-21)36-17-16-33-14-5-6-15-33)31-25(20)29-22-8-7-9-24(18-22)37(34,35)32-27(2,3)4/h7-13,18-19,32H,5-6,14-17H2,1-4H3,(H2,28,29,30,31)/i1D3,16D2,17D2,19D. The molecule has 1 aliphatic rings. The van der Waals surface area contributed by atoms with Crippen molar-refractivity contribution in [2.75, 3.05) is 36.8 Å². The molecule has 1 aromatic heterocycles. The molecule has 0 amide bonds. The van der Waals surface area contributed by atoms with Crippen LogP contribution in [-0.2, 0) is 10.0 Å². The van der Waals surface area contributed by atoms with Gasteiger partial charge in [0, 0.05) is 42.0 Å². The third-order valence-corrected chi connectivity index (χ3v) is 6.92. The Bertz CT molecular complexity index is 1620. The minimum absolute atomic E-state index is 0.0587. The average molecular weight is 533 g/mol. The van der Waals surface area contributed by atoms with Gasteiger partial charge in [-0.2, -0.15) is 4.98 Å². The van der Waals surface area contributed by atoms with Crippen molar-refractivity contribution in [1.29, 1.82) is 0 Å². The Morgan fingerprint density at radius 2 is 1.86 bits per heavy atom. The lowest BCUT2D eigenvalue weighted by Gasteiger charge is -2.20. The molecule has 4 rings (SSSR count). The minimum atomic E-state index is -3.90. The van der Waals surface area contributed by atoms with Crippen molar-refractivity contribution in [2.45, 2.75) is 50.9 Å². The smallest absolute Gasteiger partial charge is 0.241 e. The van der Waals surface area contributed by atoms with E-state index in [-0.39, 0.29) is 28.1 Å². The number of hydrogen-bond acceptors (Lipinski definition) is 8. The number of aromatic nitrogens is 2. The van der Waals surface area contributed by atoms with E-state index in [1.807, 2.05) is 0 Å². The zero-order valence-electron chi connectivity index (χ0n) is 28.9. The van der Waals surface area contributed by atoms with Gasteiger partial charge in [-0.05, 0) is 96.0 Å². The maximum Gasteiger partial charge on any atom is 0.241 e. The predicted molar refractivity (Wildman–Crippen MR) is 147 cm³/mol. The number of ether oxygens (including phenoxy) is 1. The molecule has 0 spiro atoms. The fourth-order valence-corrected chi connectivity index (χ4v) is 5.01. The first-order chi connectivity index (χ1) is 20.7. The van der Waals surface area contributed by atoms with Crippen LogP contribution in [0.4, 0.5) is 23.1 Å². The second kappa shape index (κ2) is 11.5. The van der Waals surface area contributed by atoms with Gasteiger partial charge in [0.2, 0.25) is 16.0 Å². The van der Waals surface area contributed by atoms with Crippen LogP contribution in [0.5, 0.6) is 5.75 Å². The van der Waals surface area contributed by atoms with Gasteiger partial charge in [-0.25, -0.2) is 18.1 Å². The largest absolute Gasteiger partial charge is 0.492 e. The molecule has 1 aliphatic heterocycles. The normalized spacial score (nSPS) is 18.8. The van der Waals surface area contributed by atoms with Gasteiger partial charge in [0.1, 0.15) is 18.1 Å². The van der Waals surface area contributed by atoms with Gasteiger partial charge < -0.3 is 15.4 Å². The van der Waals surface area contributed by atoms with E-state index in [4.69, 9.17) is 15.7 Å². The van der Waals surface area contributed by atoms with Crippen LogP contribution in [-0.4, -0.2) is 55.0 Å². The van der Waals surface area contributed by atoms with Crippen LogP contribution in [0.25, 0.3) is 0 Å². The van der Waals surface area contributed by atoms with Crippen LogP contribution in [0.1, 0.15) is 50.1 Å². The highest BCUT2D eigenvalue weighted by atomic mass is 32.2. The summed E-state index contributed by atoms with van der Waals surface area (Å²) in [5.74, 6) is -0.289. The molecule has 0 saturated carbocycles. The summed E-state index contributed by atoms with van der Waals surface area (Å²) in [5, 5.41) is 5.70. The van der Waals surface area contributed by atoms with Crippen molar-refractivity contribution in [1.82, 2.24) is 19.6 Å². The second-order valence-corrected chi connectivity index (χ2v) is 11.2. The van der Waals surface area contributed by atoms with E-state index in [2.05, 4.69) is 25.3 Å². The number of rotatable bonds is 10. The third kappa shape index (κ3) is 7.88. The van der Waals surface area contributed by atoms with E-state index in [1.54, 1.807) is 20.8 Å². The van der Waals surface area contributed by atoms with E-state index in [9.17, 15) is 8.42 Å². The molecule has 3 aromatic rings. The Morgan fingerprint density at radius 1 is 1.11 bits per heavy atom. The van der Waals surface area contributed by atoms with Gasteiger partial charge in [0.15, 0.2) is 0 Å². The number of likely N-dealkylation sites (tertiary alicyclic amines) is 1. The van der Waals surface area contributed by atoms with Gasteiger partial charge in [-0.15, -0.1) is 0 Å². The quantitative estimate of drug-likeness (QED) is 0.341. The summed E-state index contributed by atoms with van der Waals surface area (Å²) in [5.41, 5.74) is -0.599. The zero-order valence-corrected chi connectivity index (χ0v) is 21.7. The number of hydrogen-bond donors (Lipinski definition) is 3. The van der Waals surface area contributed by atoms with Crippen LogP contribution in [0.2, 0.25) is 0 Å². The van der Waals surface area contributed by atoms with Gasteiger partial charge in [0.25, 0.3) is 0 Å². The Morgan fingerprint density at radius 3 is 2.57 bits per heavy atom. The maximum atomic E-state index is 12.9. The van der Waals surface area contributed by atoms with E-state index in [0.29, 0.717) is 18.8 Å². The van der Waals surface area contributed by atoms with Gasteiger partial charge in [0.05, 0.1) is 9.01 Å². The Hall–Kier alpha value is -3.21. The minimum Gasteiger partial charge on any atom is -0.492 e. The number of anilines is 4. The molecule has 9 nitrogen and oxygen atoms in total. The molecule has 198 valence electrons. The van der Waals surface area contributed by atoms with Gasteiger partial charge in [-0.1, -0.05) is 6.07 Å². The fraction of sp³-hybridized carbons (Fsp3) is 0.407. The molecule has 0 bridgehead atoms. The molecular formula is C27H36N6O3S. The topological polar surface area (TPSA) is 108 Å². The summed E-state index contributed by atoms with van der Waals surface area (Å²) >= 11 is 0. The monoisotopic (exact) mass is 532 g/mol. The van der Waals surface area contributed by atoms with Crippen molar-refractivity contribution in [3.05, 3.63) is 60.3 Å². The molecule has 0 radical (unpaired) electrons. The maximum absolute atomic E-state index is 12.9. The van der Waals surface area contributed by atoms with Crippen LogP contribution < -0.4 is 20.1 Å². The lowest BCUT2D eigenvalue weighted by atomic mass is 10.1. The molecule has 0 atom stereocenters. The number of sulfonamides is 1. The van der Waals surface area contributed by atoms with Crippen LogP contribution in [0.3, 0.4) is 0 Å². The lowest BCUT2D eigenvalue weighted by molar-refractivity contribution is 0.238. The summed E-state index contributed by atoms with van der Waals surface area (Å²) in [7, 11) is -3.90. The summed E-state index contributed by atoms with van der Waals surface area (Å²) in [4.78, 5) is 9.62. The third-order valence-electron chi connectivity index (χ3n) is 5.16.